The van der Waals surface area contributed by atoms with E-state index >= 15 is 0 Å². The fourth-order valence-electron chi connectivity index (χ4n) is 3.23. The van der Waals surface area contributed by atoms with Gasteiger partial charge in [0.05, 0.1) is 19.7 Å². The Morgan fingerprint density at radius 2 is 2.19 bits per heavy atom. The van der Waals surface area contributed by atoms with E-state index in [1.807, 2.05) is 38.1 Å². The third-order valence-electron chi connectivity index (χ3n) is 4.87. The van der Waals surface area contributed by atoms with Crippen molar-refractivity contribution in [3.05, 3.63) is 42.1 Å². The van der Waals surface area contributed by atoms with E-state index in [1.54, 1.807) is 21.8 Å². The van der Waals surface area contributed by atoms with E-state index in [2.05, 4.69) is 15.7 Å². The number of aliphatic hydroxyl groups is 1. The molecular weight excluding hydrogens is 346 g/mol. The topological polar surface area (TPSA) is 99.5 Å². The minimum Gasteiger partial charge on any atom is -0.394 e. The molecule has 144 valence electrons. The van der Waals surface area contributed by atoms with Crippen LogP contribution in [0.15, 0.2) is 36.5 Å². The predicted octanol–water partition coefficient (Wildman–Crippen LogP) is 2.28. The zero-order valence-electron chi connectivity index (χ0n) is 15.6. The summed E-state index contributed by atoms with van der Waals surface area (Å²) in [4.78, 5) is 27.4. The van der Waals surface area contributed by atoms with Gasteiger partial charge in [0.1, 0.15) is 6.04 Å². The van der Waals surface area contributed by atoms with Crippen LogP contribution in [-0.4, -0.2) is 44.4 Å². The lowest BCUT2D eigenvalue weighted by Crippen LogP contribution is -2.50. The number of benzene rings is 1. The molecule has 0 aliphatic carbocycles. The van der Waals surface area contributed by atoms with Crippen molar-refractivity contribution in [3.63, 3.8) is 0 Å². The minimum atomic E-state index is -0.582. The molecular formula is C19H25N5O3. The van der Waals surface area contributed by atoms with Gasteiger partial charge in [0.25, 0.3) is 0 Å². The maximum Gasteiger partial charge on any atom is 0.324 e. The van der Waals surface area contributed by atoms with Crippen molar-refractivity contribution >= 4 is 23.4 Å². The second-order valence-corrected chi connectivity index (χ2v) is 6.72. The van der Waals surface area contributed by atoms with Gasteiger partial charge in [-0.05, 0) is 17.5 Å². The number of nitrogens with one attached hydrogen (secondary N) is 2. The van der Waals surface area contributed by atoms with Gasteiger partial charge < -0.3 is 15.3 Å². The molecule has 0 radical (unpaired) electrons. The normalized spacial score (nSPS) is 17.7. The van der Waals surface area contributed by atoms with Gasteiger partial charge in [-0.25, -0.2) is 4.79 Å². The molecule has 3 N–H and O–H groups in total. The van der Waals surface area contributed by atoms with Crippen LogP contribution in [0, 0.1) is 5.92 Å². The third kappa shape index (κ3) is 4.11. The monoisotopic (exact) mass is 371 g/mol. The van der Waals surface area contributed by atoms with Gasteiger partial charge >= 0.3 is 6.03 Å². The molecule has 3 amide bonds. The van der Waals surface area contributed by atoms with Crippen LogP contribution in [0.1, 0.15) is 25.8 Å². The number of hydrogen-bond acceptors (Lipinski definition) is 4. The molecule has 0 saturated heterocycles. The average Bonchev–Trinajstić information content (AvgIpc) is 3.02. The van der Waals surface area contributed by atoms with Crippen molar-refractivity contribution in [1.82, 2.24) is 14.7 Å². The first-order valence-corrected chi connectivity index (χ1v) is 9.14. The van der Waals surface area contributed by atoms with Crippen molar-refractivity contribution in [2.24, 2.45) is 5.92 Å². The first kappa shape index (κ1) is 18.9. The van der Waals surface area contributed by atoms with Gasteiger partial charge in [-0.1, -0.05) is 38.5 Å². The van der Waals surface area contributed by atoms with Crippen molar-refractivity contribution in [2.75, 3.05) is 17.2 Å². The molecule has 0 spiro atoms. The highest BCUT2D eigenvalue weighted by Gasteiger charge is 2.36. The second-order valence-electron chi connectivity index (χ2n) is 6.72. The van der Waals surface area contributed by atoms with Crippen LogP contribution in [0.25, 0.3) is 0 Å². The summed E-state index contributed by atoms with van der Waals surface area (Å²) < 4.78 is 1.55. The molecule has 2 atom stereocenters. The number of carbonyl (C=O) groups is 2. The lowest BCUT2D eigenvalue weighted by atomic mass is 9.97. The zero-order chi connectivity index (χ0) is 19.4. The smallest absolute Gasteiger partial charge is 0.324 e. The Morgan fingerprint density at radius 3 is 2.93 bits per heavy atom. The van der Waals surface area contributed by atoms with Crippen LogP contribution in [0.3, 0.4) is 0 Å². The van der Waals surface area contributed by atoms with Gasteiger partial charge in [-0.3, -0.25) is 14.8 Å². The summed E-state index contributed by atoms with van der Waals surface area (Å²) in [6, 6.07) is 8.21. The first-order chi connectivity index (χ1) is 13.0. The number of hydrogen-bond donors (Lipinski definition) is 3. The Balaban J connectivity index is 1.87. The number of aromatic nitrogens is 2. The van der Waals surface area contributed by atoms with Crippen molar-refractivity contribution in [2.45, 2.75) is 39.4 Å². The number of urea groups is 1. The summed E-state index contributed by atoms with van der Waals surface area (Å²) in [5.74, 6) is 0.196. The molecule has 27 heavy (non-hydrogen) atoms. The van der Waals surface area contributed by atoms with Crippen LogP contribution in [0.5, 0.6) is 0 Å². The van der Waals surface area contributed by atoms with E-state index in [-0.39, 0.29) is 24.5 Å². The number of anilines is 2. The first-order valence-electron chi connectivity index (χ1n) is 9.14. The summed E-state index contributed by atoms with van der Waals surface area (Å²) in [5, 5.41) is 18.9. The number of fused-ring (bicyclic) bond motifs is 1. The van der Waals surface area contributed by atoms with E-state index < -0.39 is 6.04 Å². The van der Waals surface area contributed by atoms with Crippen molar-refractivity contribution in [3.8, 4) is 0 Å². The quantitative estimate of drug-likeness (QED) is 0.751. The summed E-state index contributed by atoms with van der Waals surface area (Å²) in [7, 11) is 0. The fraction of sp³-hybridized carbons (Fsp3) is 0.421. The van der Waals surface area contributed by atoms with E-state index in [9.17, 15) is 9.59 Å². The Labute approximate surface area is 158 Å². The Kier molecular flexibility index (Phi) is 5.75. The zero-order valence-corrected chi connectivity index (χ0v) is 15.6. The molecule has 1 aromatic heterocycles. The molecule has 2 aromatic rings. The van der Waals surface area contributed by atoms with Crippen molar-refractivity contribution in [1.29, 1.82) is 0 Å². The molecule has 1 aliphatic heterocycles. The second kappa shape index (κ2) is 8.22. The third-order valence-corrected chi connectivity index (χ3v) is 4.87. The number of para-hydroxylation sites is 1. The van der Waals surface area contributed by atoms with E-state index in [0.717, 1.165) is 17.7 Å². The van der Waals surface area contributed by atoms with E-state index in [1.165, 1.54) is 0 Å². The predicted molar refractivity (Wildman–Crippen MR) is 102 cm³/mol. The summed E-state index contributed by atoms with van der Waals surface area (Å²) >= 11 is 0. The number of carbonyl (C=O) groups excluding carboxylic acids is 2. The highest BCUT2D eigenvalue weighted by Crippen LogP contribution is 2.27. The lowest BCUT2D eigenvalue weighted by molar-refractivity contribution is -0.121. The average molecular weight is 371 g/mol. The molecule has 2 heterocycles. The standard InChI is InChI=1S/C19H25N5O3/c1-3-13(2)17-18(26)20-15-7-5-4-6-14(15)12-24(17)19(27)21-16-8-9-23(22-16)10-11-25/h4-9,13,17,25H,3,10-12H2,1-2H3,(H,20,26)(H,21,22,27)/t13-,17-/m0/s1. The van der Waals surface area contributed by atoms with E-state index in [4.69, 9.17) is 5.11 Å². The van der Waals surface area contributed by atoms with Gasteiger partial charge in [0.2, 0.25) is 5.91 Å². The summed E-state index contributed by atoms with van der Waals surface area (Å²) in [5.41, 5.74) is 1.62. The van der Waals surface area contributed by atoms with Crippen LogP contribution in [-0.2, 0) is 17.9 Å². The minimum absolute atomic E-state index is 0.00277. The number of aliphatic hydroxyl groups excluding tert-OH is 1. The van der Waals surface area contributed by atoms with Gasteiger partial charge in [0.15, 0.2) is 5.82 Å². The van der Waals surface area contributed by atoms with Gasteiger partial charge in [0, 0.05) is 18.0 Å². The Morgan fingerprint density at radius 1 is 1.41 bits per heavy atom. The largest absolute Gasteiger partial charge is 0.394 e. The van der Waals surface area contributed by atoms with Crippen LogP contribution < -0.4 is 10.6 Å². The van der Waals surface area contributed by atoms with Crippen molar-refractivity contribution < 1.29 is 14.7 Å². The molecule has 3 rings (SSSR count). The highest BCUT2D eigenvalue weighted by molar-refractivity contribution is 6.00. The van der Waals surface area contributed by atoms with Gasteiger partial charge in [-0.15, -0.1) is 0 Å². The summed E-state index contributed by atoms with van der Waals surface area (Å²) in [6.45, 7) is 4.62. The maximum absolute atomic E-state index is 13.0. The number of amides is 3. The van der Waals surface area contributed by atoms with Gasteiger partial charge in [-0.2, -0.15) is 5.10 Å². The highest BCUT2D eigenvalue weighted by atomic mass is 16.3. The Hall–Kier alpha value is -2.87. The molecule has 0 fully saturated rings. The lowest BCUT2D eigenvalue weighted by Gasteiger charge is -2.32. The molecule has 0 unspecified atom stereocenters. The van der Waals surface area contributed by atoms with Crippen LogP contribution in [0.2, 0.25) is 0 Å². The molecule has 8 heteroatoms. The number of rotatable bonds is 5. The van der Waals surface area contributed by atoms with Crippen LogP contribution in [0.4, 0.5) is 16.3 Å². The summed E-state index contributed by atoms with van der Waals surface area (Å²) in [6.07, 6.45) is 2.45. The number of nitrogens with zero attached hydrogens (tertiary/aromatic N) is 3. The van der Waals surface area contributed by atoms with E-state index in [0.29, 0.717) is 18.9 Å². The fourth-order valence-corrected chi connectivity index (χ4v) is 3.23. The molecule has 0 saturated carbocycles. The Bertz CT molecular complexity index is 819. The maximum atomic E-state index is 13.0. The van der Waals surface area contributed by atoms with Crippen LogP contribution >= 0.6 is 0 Å². The molecule has 8 nitrogen and oxygen atoms in total. The molecule has 0 bridgehead atoms. The molecule has 1 aliphatic rings. The molecule has 1 aromatic carbocycles. The SMILES string of the molecule is CC[C@H](C)[C@H]1C(=O)Nc2ccccc2CN1C(=O)Nc1ccn(CCO)n1.